The molecule has 1 aromatic rings. The van der Waals surface area contributed by atoms with Crippen molar-refractivity contribution in [1.29, 1.82) is 0 Å². The molecule has 1 aromatic carbocycles. The van der Waals surface area contributed by atoms with Crippen molar-refractivity contribution in [3.8, 4) is 11.5 Å². The summed E-state index contributed by atoms with van der Waals surface area (Å²) in [6, 6.07) is 2.48. The second kappa shape index (κ2) is 4.63. The number of nitrogens with two attached hydrogens (primary N) is 1. The summed E-state index contributed by atoms with van der Waals surface area (Å²) in [6.45, 7) is 1.59. The van der Waals surface area contributed by atoms with E-state index in [1.165, 1.54) is 13.2 Å². The fraction of sp³-hybridized carbons (Fsp3) is 0.300. The van der Waals surface area contributed by atoms with Gasteiger partial charge in [-0.3, -0.25) is 4.79 Å². The van der Waals surface area contributed by atoms with E-state index in [1.54, 1.807) is 13.0 Å². The predicted octanol–water partition coefficient (Wildman–Crippen LogP) is 1.69. The van der Waals surface area contributed by atoms with E-state index in [4.69, 9.17) is 10.5 Å². The number of methoxy groups -OCH3 is 1. The molecule has 0 saturated carbocycles. The molecule has 5 heteroatoms. The second-order valence-corrected chi connectivity index (χ2v) is 3.92. The number of Topliss-reactive ketones (excluding diaryl/α,β-unsaturated/α-hetero) is 1. The van der Waals surface area contributed by atoms with Crippen LogP contribution in [0.25, 0.3) is 0 Å². The minimum Gasteiger partial charge on any atom is -0.503 e. The van der Waals surface area contributed by atoms with Gasteiger partial charge in [0.25, 0.3) is 0 Å². The van der Waals surface area contributed by atoms with Crippen LogP contribution >= 0.6 is 15.9 Å². The first-order valence-electron chi connectivity index (χ1n) is 4.34. The van der Waals surface area contributed by atoms with E-state index in [9.17, 15) is 9.90 Å². The minimum absolute atomic E-state index is 0.0935. The van der Waals surface area contributed by atoms with E-state index in [1.807, 2.05) is 0 Å². The van der Waals surface area contributed by atoms with Gasteiger partial charge in [-0.25, -0.2) is 0 Å². The second-order valence-electron chi connectivity index (χ2n) is 3.13. The first-order valence-corrected chi connectivity index (χ1v) is 5.13. The van der Waals surface area contributed by atoms with E-state index < -0.39 is 6.04 Å². The van der Waals surface area contributed by atoms with Gasteiger partial charge in [0.05, 0.1) is 17.6 Å². The van der Waals surface area contributed by atoms with Gasteiger partial charge in [0.15, 0.2) is 17.3 Å². The highest BCUT2D eigenvalue weighted by atomic mass is 79.9. The molecular weight excluding hydrogens is 262 g/mol. The molecule has 0 heterocycles. The Morgan fingerprint density at radius 1 is 1.60 bits per heavy atom. The van der Waals surface area contributed by atoms with E-state index in [0.717, 1.165) is 0 Å². The van der Waals surface area contributed by atoms with Gasteiger partial charge in [0.1, 0.15) is 0 Å². The zero-order valence-electron chi connectivity index (χ0n) is 8.45. The third-order valence-electron chi connectivity index (χ3n) is 1.98. The lowest BCUT2D eigenvalue weighted by Gasteiger charge is -2.10. The Morgan fingerprint density at radius 3 is 2.67 bits per heavy atom. The normalized spacial score (nSPS) is 12.3. The average Bonchev–Trinajstić information content (AvgIpc) is 2.21. The maximum absolute atomic E-state index is 11.6. The van der Waals surface area contributed by atoms with Crippen molar-refractivity contribution >= 4 is 21.7 Å². The number of halogens is 1. The fourth-order valence-corrected chi connectivity index (χ4v) is 1.67. The highest BCUT2D eigenvalue weighted by Gasteiger charge is 2.18. The molecule has 1 rings (SSSR count). The lowest BCUT2D eigenvalue weighted by Crippen LogP contribution is -2.26. The van der Waals surface area contributed by atoms with Gasteiger partial charge in [-0.2, -0.15) is 0 Å². The summed E-state index contributed by atoms with van der Waals surface area (Å²) in [7, 11) is 1.44. The van der Waals surface area contributed by atoms with Gasteiger partial charge in [0, 0.05) is 5.56 Å². The van der Waals surface area contributed by atoms with E-state index in [-0.39, 0.29) is 11.5 Å². The summed E-state index contributed by atoms with van der Waals surface area (Å²) in [4.78, 5) is 11.6. The third-order valence-corrected chi connectivity index (χ3v) is 2.78. The van der Waals surface area contributed by atoms with Crippen LogP contribution in [0.1, 0.15) is 17.3 Å². The molecule has 1 unspecified atom stereocenters. The lowest BCUT2D eigenvalue weighted by molar-refractivity contribution is 0.0966. The topological polar surface area (TPSA) is 72.5 Å². The molecule has 15 heavy (non-hydrogen) atoms. The number of carbonyl (C=O) groups excluding carboxylic acids is 1. The van der Waals surface area contributed by atoms with Crippen molar-refractivity contribution in [2.75, 3.05) is 7.11 Å². The molecule has 1 atom stereocenters. The van der Waals surface area contributed by atoms with Gasteiger partial charge in [-0.1, -0.05) is 0 Å². The van der Waals surface area contributed by atoms with Crippen molar-refractivity contribution < 1.29 is 14.6 Å². The summed E-state index contributed by atoms with van der Waals surface area (Å²) < 4.78 is 5.21. The van der Waals surface area contributed by atoms with Crippen LogP contribution in [0.5, 0.6) is 11.5 Å². The molecular formula is C10H12BrNO3. The Labute approximate surface area is 96.2 Å². The Balaban J connectivity index is 3.23. The third kappa shape index (κ3) is 2.30. The monoisotopic (exact) mass is 273 g/mol. The first-order chi connectivity index (χ1) is 6.99. The maximum atomic E-state index is 11.6. The molecule has 0 fully saturated rings. The Hall–Kier alpha value is -1.07. The van der Waals surface area contributed by atoms with Crippen LogP contribution in [0.2, 0.25) is 0 Å². The standard InChI is InChI=1S/C10H12BrNO3/c1-5(12)9(13)6-3-4-7(15-2)10(14)8(6)11/h3-5,14H,12H2,1-2H3. The number of hydrogen-bond acceptors (Lipinski definition) is 4. The number of phenols is 1. The summed E-state index contributed by atoms with van der Waals surface area (Å²) in [5, 5.41) is 9.64. The molecule has 3 N–H and O–H groups in total. The van der Waals surface area contributed by atoms with Gasteiger partial charge >= 0.3 is 0 Å². The number of ketones is 1. The highest BCUT2D eigenvalue weighted by molar-refractivity contribution is 9.10. The molecule has 0 spiro atoms. The Bertz CT molecular complexity index is 390. The summed E-state index contributed by atoms with van der Waals surface area (Å²) in [6.07, 6.45) is 0. The van der Waals surface area contributed by atoms with E-state index >= 15 is 0 Å². The van der Waals surface area contributed by atoms with Crippen LogP contribution in [0, 0.1) is 0 Å². The molecule has 0 bridgehead atoms. The summed E-state index contributed by atoms with van der Waals surface area (Å²) >= 11 is 3.13. The number of carbonyl (C=O) groups is 1. The van der Waals surface area contributed by atoms with Crippen LogP contribution in [0.3, 0.4) is 0 Å². The van der Waals surface area contributed by atoms with Gasteiger partial charge in [0.2, 0.25) is 0 Å². The van der Waals surface area contributed by atoms with Gasteiger partial charge in [-0.05, 0) is 35.0 Å². The number of ether oxygens (including phenoxy) is 1. The molecule has 0 aliphatic rings. The maximum Gasteiger partial charge on any atom is 0.180 e. The lowest BCUT2D eigenvalue weighted by atomic mass is 10.1. The summed E-state index contributed by atoms with van der Waals surface area (Å²) in [5.74, 6) is -0.0214. The van der Waals surface area contributed by atoms with Gasteiger partial charge in [-0.15, -0.1) is 0 Å². The molecule has 4 nitrogen and oxygen atoms in total. The van der Waals surface area contributed by atoms with Crippen molar-refractivity contribution in [2.45, 2.75) is 13.0 Å². The number of phenolic OH excluding ortho intramolecular Hbond substituents is 1. The van der Waals surface area contributed by atoms with Crippen molar-refractivity contribution in [2.24, 2.45) is 5.73 Å². The number of aromatic hydroxyl groups is 1. The summed E-state index contributed by atoms with van der Waals surface area (Å²) in [5.41, 5.74) is 5.82. The van der Waals surface area contributed by atoms with Crippen LogP contribution in [0.15, 0.2) is 16.6 Å². The zero-order valence-corrected chi connectivity index (χ0v) is 10.0. The average molecular weight is 274 g/mol. The number of hydrogen-bond donors (Lipinski definition) is 2. The van der Waals surface area contributed by atoms with E-state index in [0.29, 0.717) is 15.8 Å². The molecule has 0 aromatic heterocycles. The molecule has 0 radical (unpaired) electrons. The highest BCUT2D eigenvalue weighted by Crippen LogP contribution is 2.36. The van der Waals surface area contributed by atoms with Crippen molar-refractivity contribution in [3.05, 3.63) is 22.2 Å². The van der Waals surface area contributed by atoms with Crippen LogP contribution in [-0.4, -0.2) is 24.0 Å². The van der Waals surface area contributed by atoms with Gasteiger partial charge < -0.3 is 15.6 Å². The molecule has 0 amide bonds. The quantitative estimate of drug-likeness (QED) is 0.823. The number of benzene rings is 1. The fourth-order valence-electron chi connectivity index (χ4n) is 1.15. The minimum atomic E-state index is -0.603. The Morgan fingerprint density at radius 2 is 2.20 bits per heavy atom. The molecule has 0 aliphatic heterocycles. The van der Waals surface area contributed by atoms with Crippen LogP contribution in [0.4, 0.5) is 0 Å². The van der Waals surface area contributed by atoms with Crippen LogP contribution < -0.4 is 10.5 Å². The van der Waals surface area contributed by atoms with Crippen molar-refractivity contribution in [3.63, 3.8) is 0 Å². The largest absolute Gasteiger partial charge is 0.503 e. The first kappa shape index (κ1) is 12.0. The Kier molecular flexibility index (Phi) is 3.71. The zero-order chi connectivity index (χ0) is 11.6. The SMILES string of the molecule is COc1ccc(C(=O)C(C)N)c(Br)c1O. The smallest absolute Gasteiger partial charge is 0.180 e. The molecule has 82 valence electrons. The van der Waals surface area contributed by atoms with E-state index in [2.05, 4.69) is 15.9 Å². The van der Waals surface area contributed by atoms with Crippen molar-refractivity contribution in [1.82, 2.24) is 0 Å². The van der Waals surface area contributed by atoms with Crippen LogP contribution in [-0.2, 0) is 0 Å². The molecule has 0 aliphatic carbocycles. The predicted molar refractivity (Wildman–Crippen MR) is 60.3 cm³/mol. The number of rotatable bonds is 3. The molecule has 0 saturated heterocycles.